The molecule has 0 aliphatic heterocycles. The molecule has 0 radical (unpaired) electrons. The van der Waals surface area contributed by atoms with E-state index in [1.54, 1.807) is 18.2 Å². The van der Waals surface area contributed by atoms with Crippen LogP contribution in [0.2, 0.25) is 0 Å². The molecule has 0 saturated heterocycles. The SMILES string of the molecule is O=C(O)c1cccc(CCNC(=O)C2(c3ccccc3)CCCC2)c1. The molecule has 0 bridgehead atoms. The zero-order chi connectivity index (χ0) is 17.7. The van der Waals surface area contributed by atoms with E-state index in [1.807, 2.05) is 36.4 Å². The molecule has 1 aliphatic rings. The van der Waals surface area contributed by atoms with Gasteiger partial charge in [-0.15, -0.1) is 0 Å². The standard InChI is InChI=1S/C21H23NO3/c23-19(24)17-8-6-7-16(15-17)11-14-22-20(25)21(12-4-5-13-21)18-9-2-1-3-10-18/h1-3,6-10,15H,4-5,11-14H2,(H,22,25)(H,23,24). The Bertz CT molecular complexity index is 749. The van der Waals surface area contributed by atoms with Gasteiger partial charge in [-0.1, -0.05) is 55.3 Å². The first-order chi connectivity index (χ1) is 12.1. The Morgan fingerprint density at radius 3 is 2.40 bits per heavy atom. The Morgan fingerprint density at radius 1 is 1.00 bits per heavy atom. The van der Waals surface area contributed by atoms with Gasteiger partial charge in [0.2, 0.25) is 5.91 Å². The van der Waals surface area contributed by atoms with Gasteiger partial charge in [0.15, 0.2) is 0 Å². The topological polar surface area (TPSA) is 66.4 Å². The van der Waals surface area contributed by atoms with Crippen molar-refractivity contribution in [3.63, 3.8) is 0 Å². The van der Waals surface area contributed by atoms with Crippen molar-refractivity contribution >= 4 is 11.9 Å². The summed E-state index contributed by atoms with van der Waals surface area (Å²) < 4.78 is 0. The van der Waals surface area contributed by atoms with Crippen molar-refractivity contribution in [2.75, 3.05) is 6.54 Å². The molecule has 4 nitrogen and oxygen atoms in total. The van der Waals surface area contributed by atoms with Gasteiger partial charge in [0.05, 0.1) is 11.0 Å². The Kier molecular flexibility index (Phi) is 5.17. The van der Waals surface area contributed by atoms with Crippen molar-refractivity contribution in [2.45, 2.75) is 37.5 Å². The maximum Gasteiger partial charge on any atom is 0.335 e. The third kappa shape index (κ3) is 3.73. The molecule has 4 heteroatoms. The van der Waals surface area contributed by atoms with Crippen LogP contribution in [-0.4, -0.2) is 23.5 Å². The predicted octanol–water partition coefficient (Wildman–Crippen LogP) is 3.56. The molecule has 2 N–H and O–H groups in total. The van der Waals surface area contributed by atoms with Crippen molar-refractivity contribution in [1.82, 2.24) is 5.32 Å². The van der Waals surface area contributed by atoms with Gasteiger partial charge in [-0.25, -0.2) is 4.79 Å². The molecule has 25 heavy (non-hydrogen) atoms. The lowest BCUT2D eigenvalue weighted by molar-refractivity contribution is -0.126. The molecular formula is C21H23NO3. The van der Waals surface area contributed by atoms with Crippen LogP contribution in [0.25, 0.3) is 0 Å². The molecule has 0 spiro atoms. The average molecular weight is 337 g/mol. The van der Waals surface area contributed by atoms with Crippen LogP contribution in [0.1, 0.15) is 47.2 Å². The highest BCUT2D eigenvalue weighted by molar-refractivity contribution is 5.89. The number of carbonyl (C=O) groups excluding carboxylic acids is 1. The minimum absolute atomic E-state index is 0.0885. The van der Waals surface area contributed by atoms with E-state index in [-0.39, 0.29) is 11.5 Å². The highest BCUT2D eigenvalue weighted by atomic mass is 16.4. The van der Waals surface area contributed by atoms with Crippen LogP contribution in [0.5, 0.6) is 0 Å². The second kappa shape index (κ2) is 7.51. The van der Waals surface area contributed by atoms with Crippen LogP contribution in [0.3, 0.4) is 0 Å². The summed E-state index contributed by atoms with van der Waals surface area (Å²) in [6, 6.07) is 16.9. The van der Waals surface area contributed by atoms with E-state index >= 15 is 0 Å². The van der Waals surface area contributed by atoms with Gasteiger partial charge in [0, 0.05) is 6.54 Å². The summed E-state index contributed by atoms with van der Waals surface area (Å²) in [5, 5.41) is 12.1. The van der Waals surface area contributed by atoms with E-state index in [0.717, 1.165) is 36.8 Å². The molecule has 0 unspecified atom stereocenters. The van der Waals surface area contributed by atoms with E-state index in [2.05, 4.69) is 5.32 Å². The highest BCUT2D eigenvalue weighted by Gasteiger charge is 2.42. The van der Waals surface area contributed by atoms with Gasteiger partial charge < -0.3 is 10.4 Å². The Hall–Kier alpha value is -2.62. The number of carbonyl (C=O) groups is 2. The number of carboxylic acids is 1. The van der Waals surface area contributed by atoms with Gasteiger partial charge in [-0.3, -0.25) is 4.79 Å². The minimum atomic E-state index is -0.931. The number of carboxylic acid groups (broad SMARTS) is 1. The molecule has 3 rings (SSSR count). The van der Waals surface area contributed by atoms with E-state index in [4.69, 9.17) is 5.11 Å². The van der Waals surface area contributed by atoms with Crippen molar-refractivity contribution < 1.29 is 14.7 Å². The zero-order valence-corrected chi connectivity index (χ0v) is 14.2. The first-order valence-corrected chi connectivity index (χ1v) is 8.78. The zero-order valence-electron chi connectivity index (χ0n) is 14.2. The molecule has 2 aromatic carbocycles. The van der Waals surface area contributed by atoms with Gasteiger partial charge in [0.1, 0.15) is 0 Å². The fourth-order valence-electron chi connectivity index (χ4n) is 3.73. The Morgan fingerprint density at radius 2 is 1.72 bits per heavy atom. The maximum absolute atomic E-state index is 12.9. The third-order valence-electron chi connectivity index (χ3n) is 5.09. The van der Waals surface area contributed by atoms with E-state index in [1.165, 1.54) is 0 Å². The normalized spacial score (nSPS) is 15.7. The van der Waals surface area contributed by atoms with Crippen LogP contribution < -0.4 is 5.32 Å². The lowest BCUT2D eigenvalue weighted by Crippen LogP contribution is -2.43. The molecule has 1 fully saturated rings. The monoisotopic (exact) mass is 337 g/mol. The number of hydrogen-bond donors (Lipinski definition) is 2. The molecule has 1 aliphatic carbocycles. The Balaban J connectivity index is 1.65. The number of rotatable bonds is 6. The summed E-state index contributed by atoms with van der Waals surface area (Å²) in [7, 11) is 0. The summed E-state index contributed by atoms with van der Waals surface area (Å²) in [6.07, 6.45) is 4.54. The molecule has 1 amide bonds. The summed E-state index contributed by atoms with van der Waals surface area (Å²) in [5.41, 5.74) is 1.88. The van der Waals surface area contributed by atoms with Gasteiger partial charge in [-0.2, -0.15) is 0 Å². The van der Waals surface area contributed by atoms with Gasteiger partial charge >= 0.3 is 5.97 Å². The van der Waals surface area contributed by atoms with Crippen LogP contribution >= 0.6 is 0 Å². The van der Waals surface area contributed by atoms with Crippen LogP contribution in [-0.2, 0) is 16.6 Å². The predicted molar refractivity (Wildman–Crippen MR) is 96.7 cm³/mol. The second-order valence-corrected chi connectivity index (χ2v) is 6.67. The van der Waals surface area contributed by atoms with Crippen LogP contribution in [0, 0.1) is 0 Å². The summed E-state index contributed by atoms with van der Waals surface area (Å²) in [5.74, 6) is -0.842. The molecular weight excluding hydrogens is 314 g/mol. The lowest BCUT2D eigenvalue weighted by atomic mass is 9.78. The van der Waals surface area contributed by atoms with Gasteiger partial charge in [-0.05, 0) is 42.5 Å². The largest absolute Gasteiger partial charge is 0.478 e. The molecule has 1 saturated carbocycles. The molecule has 130 valence electrons. The van der Waals surface area contributed by atoms with Crippen molar-refractivity contribution in [2.24, 2.45) is 0 Å². The quantitative estimate of drug-likeness (QED) is 0.847. The first-order valence-electron chi connectivity index (χ1n) is 8.78. The molecule has 0 aromatic heterocycles. The summed E-state index contributed by atoms with van der Waals surface area (Å²) in [4.78, 5) is 24.0. The molecule has 0 atom stereocenters. The number of hydrogen-bond acceptors (Lipinski definition) is 2. The number of nitrogens with one attached hydrogen (secondary N) is 1. The van der Waals surface area contributed by atoms with Crippen molar-refractivity contribution in [1.29, 1.82) is 0 Å². The van der Waals surface area contributed by atoms with E-state index in [9.17, 15) is 9.59 Å². The highest BCUT2D eigenvalue weighted by Crippen LogP contribution is 2.41. The van der Waals surface area contributed by atoms with Crippen LogP contribution in [0.4, 0.5) is 0 Å². The fraction of sp³-hybridized carbons (Fsp3) is 0.333. The van der Waals surface area contributed by atoms with Crippen LogP contribution in [0.15, 0.2) is 54.6 Å². The van der Waals surface area contributed by atoms with Crippen molar-refractivity contribution in [3.8, 4) is 0 Å². The molecule has 2 aromatic rings. The smallest absolute Gasteiger partial charge is 0.335 e. The summed E-state index contributed by atoms with van der Waals surface area (Å²) >= 11 is 0. The first kappa shape index (κ1) is 17.2. The average Bonchev–Trinajstić information content (AvgIpc) is 3.14. The number of amides is 1. The summed E-state index contributed by atoms with van der Waals surface area (Å²) in [6.45, 7) is 0.510. The van der Waals surface area contributed by atoms with E-state index in [0.29, 0.717) is 13.0 Å². The van der Waals surface area contributed by atoms with Gasteiger partial charge in [0.25, 0.3) is 0 Å². The fourth-order valence-corrected chi connectivity index (χ4v) is 3.73. The number of benzene rings is 2. The molecule has 0 heterocycles. The van der Waals surface area contributed by atoms with E-state index < -0.39 is 11.4 Å². The maximum atomic E-state index is 12.9. The lowest BCUT2D eigenvalue weighted by Gasteiger charge is -2.28. The Labute approximate surface area is 147 Å². The number of aromatic carboxylic acids is 1. The minimum Gasteiger partial charge on any atom is -0.478 e. The van der Waals surface area contributed by atoms with Crippen molar-refractivity contribution in [3.05, 3.63) is 71.3 Å². The second-order valence-electron chi connectivity index (χ2n) is 6.67. The third-order valence-corrected chi connectivity index (χ3v) is 5.09.